The van der Waals surface area contributed by atoms with Crippen LogP contribution in [-0.4, -0.2) is 66.6 Å². The lowest BCUT2D eigenvalue weighted by atomic mass is 10.1. The molecule has 1 fully saturated rings. The number of rotatable bonds is 7. The predicted molar refractivity (Wildman–Crippen MR) is 121 cm³/mol. The van der Waals surface area contributed by atoms with Crippen LogP contribution in [0, 0.1) is 0 Å². The van der Waals surface area contributed by atoms with Gasteiger partial charge in [-0.25, -0.2) is 9.97 Å². The highest BCUT2D eigenvalue weighted by Gasteiger charge is 2.20. The normalized spacial score (nSPS) is 16.2. The van der Waals surface area contributed by atoms with E-state index in [4.69, 9.17) is 4.74 Å². The molecule has 0 bridgehead atoms. The Bertz CT molecular complexity index is 924. The van der Waals surface area contributed by atoms with E-state index < -0.39 is 0 Å². The molecule has 1 saturated heterocycles. The van der Waals surface area contributed by atoms with Crippen LogP contribution in [0.25, 0.3) is 11.3 Å². The number of nitrogens with one attached hydrogen (secondary N) is 1. The minimum absolute atomic E-state index is 0.160. The zero-order valence-corrected chi connectivity index (χ0v) is 17.7. The first-order valence-electron chi connectivity index (χ1n) is 10.4. The number of methoxy groups -OCH3 is 1. The first-order chi connectivity index (χ1) is 14.7. The molecule has 1 aromatic heterocycles. The molecule has 4 rings (SSSR count). The first kappa shape index (κ1) is 20.3. The second kappa shape index (κ2) is 9.69. The molecule has 2 aromatic carbocycles. The molecule has 0 aliphatic carbocycles. The summed E-state index contributed by atoms with van der Waals surface area (Å²) in [5, 5.41) is 3.66. The van der Waals surface area contributed by atoms with Gasteiger partial charge in [0.2, 0.25) is 0 Å². The van der Waals surface area contributed by atoms with Gasteiger partial charge in [0, 0.05) is 44.4 Å². The summed E-state index contributed by atoms with van der Waals surface area (Å²) in [6, 6.07) is 20.7. The highest BCUT2D eigenvalue weighted by Crippen LogP contribution is 2.25. The SMILES string of the molecule is COc1ccc(-c2cc(NC(CN3CCN(C)CC3)c3ccccc3)ncn2)cc1. The second-order valence-corrected chi connectivity index (χ2v) is 7.73. The third-order valence-corrected chi connectivity index (χ3v) is 5.61. The van der Waals surface area contributed by atoms with Crippen molar-refractivity contribution in [2.75, 3.05) is 52.2 Å². The third kappa shape index (κ3) is 5.14. The van der Waals surface area contributed by atoms with E-state index in [2.05, 4.69) is 62.5 Å². The monoisotopic (exact) mass is 403 g/mol. The van der Waals surface area contributed by atoms with E-state index in [9.17, 15) is 0 Å². The number of likely N-dealkylation sites (N-methyl/N-ethyl adjacent to an activating group) is 1. The Balaban J connectivity index is 1.53. The van der Waals surface area contributed by atoms with E-state index in [1.165, 1.54) is 5.56 Å². The molecule has 0 saturated carbocycles. The summed E-state index contributed by atoms with van der Waals surface area (Å²) in [5.41, 5.74) is 3.19. The molecule has 6 nitrogen and oxygen atoms in total. The Morgan fingerprint density at radius 1 is 0.967 bits per heavy atom. The molecular formula is C24H29N5O. The topological polar surface area (TPSA) is 53.5 Å². The number of aromatic nitrogens is 2. The molecule has 1 atom stereocenters. The average Bonchev–Trinajstić information content (AvgIpc) is 2.81. The van der Waals surface area contributed by atoms with Crippen LogP contribution in [-0.2, 0) is 0 Å². The zero-order chi connectivity index (χ0) is 20.8. The maximum atomic E-state index is 5.26. The highest BCUT2D eigenvalue weighted by atomic mass is 16.5. The molecule has 0 radical (unpaired) electrons. The van der Waals surface area contributed by atoms with E-state index in [-0.39, 0.29) is 6.04 Å². The molecule has 3 aromatic rings. The molecule has 30 heavy (non-hydrogen) atoms. The van der Waals surface area contributed by atoms with E-state index in [0.717, 1.165) is 55.5 Å². The standard InChI is InChI=1S/C24H29N5O/c1-28-12-14-29(15-13-28)17-23(19-6-4-3-5-7-19)27-24-16-22(25-18-26-24)20-8-10-21(30-2)11-9-20/h3-11,16,18,23H,12-15,17H2,1-2H3,(H,25,26,27). The summed E-state index contributed by atoms with van der Waals surface area (Å²) in [5.74, 6) is 1.67. The van der Waals surface area contributed by atoms with Crippen molar-refractivity contribution in [3.63, 3.8) is 0 Å². The van der Waals surface area contributed by atoms with Crippen molar-refractivity contribution in [1.29, 1.82) is 0 Å². The number of ether oxygens (including phenoxy) is 1. The Hall–Kier alpha value is -2.96. The summed E-state index contributed by atoms with van der Waals surface area (Å²) in [6.07, 6.45) is 1.62. The fourth-order valence-electron chi connectivity index (χ4n) is 3.74. The number of benzene rings is 2. The van der Waals surface area contributed by atoms with E-state index in [1.807, 2.05) is 30.3 Å². The van der Waals surface area contributed by atoms with Crippen LogP contribution in [0.3, 0.4) is 0 Å². The minimum atomic E-state index is 0.160. The van der Waals surface area contributed by atoms with Crippen LogP contribution in [0.1, 0.15) is 11.6 Å². The summed E-state index contributed by atoms with van der Waals surface area (Å²) < 4.78 is 5.26. The average molecular weight is 404 g/mol. The van der Waals surface area contributed by atoms with Gasteiger partial charge >= 0.3 is 0 Å². The molecule has 156 valence electrons. The van der Waals surface area contributed by atoms with Crippen LogP contribution in [0.15, 0.2) is 67.0 Å². The number of anilines is 1. The van der Waals surface area contributed by atoms with Crippen molar-refractivity contribution in [2.45, 2.75) is 6.04 Å². The highest BCUT2D eigenvalue weighted by molar-refractivity contribution is 5.63. The van der Waals surface area contributed by atoms with Gasteiger partial charge in [0.15, 0.2) is 0 Å². The van der Waals surface area contributed by atoms with Gasteiger partial charge in [-0.05, 0) is 36.9 Å². The molecule has 1 unspecified atom stereocenters. The van der Waals surface area contributed by atoms with Crippen molar-refractivity contribution >= 4 is 5.82 Å². The lowest BCUT2D eigenvalue weighted by Gasteiger charge is -2.35. The van der Waals surface area contributed by atoms with Crippen LogP contribution in [0.5, 0.6) is 5.75 Å². The van der Waals surface area contributed by atoms with Gasteiger partial charge in [0.1, 0.15) is 17.9 Å². The van der Waals surface area contributed by atoms with Gasteiger partial charge in [-0.1, -0.05) is 30.3 Å². The van der Waals surface area contributed by atoms with Gasteiger partial charge in [0.05, 0.1) is 18.8 Å². The Labute approximate surface area is 178 Å². The second-order valence-electron chi connectivity index (χ2n) is 7.73. The predicted octanol–water partition coefficient (Wildman–Crippen LogP) is 3.55. The Morgan fingerprint density at radius 3 is 2.40 bits per heavy atom. The summed E-state index contributed by atoms with van der Waals surface area (Å²) in [6.45, 7) is 5.33. The smallest absolute Gasteiger partial charge is 0.130 e. The molecule has 0 spiro atoms. The first-order valence-corrected chi connectivity index (χ1v) is 10.4. The molecule has 6 heteroatoms. The van der Waals surface area contributed by atoms with Crippen LogP contribution in [0.4, 0.5) is 5.82 Å². The van der Waals surface area contributed by atoms with E-state index in [1.54, 1.807) is 13.4 Å². The van der Waals surface area contributed by atoms with Crippen molar-refractivity contribution in [1.82, 2.24) is 19.8 Å². The fraction of sp³-hybridized carbons (Fsp3) is 0.333. The third-order valence-electron chi connectivity index (χ3n) is 5.61. The van der Waals surface area contributed by atoms with Gasteiger partial charge in [-0.2, -0.15) is 0 Å². The van der Waals surface area contributed by atoms with Crippen molar-refractivity contribution in [3.8, 4) is 17.0 Å². The van der Waals surface area contributed by atoms with E-state index >= 15 is 0 Å². The van der Waals surface area contributed by atoms with E-state index in [0.29, 0.717) is 0 Å². The van der Waals surface area contributed by atoms with Crippen LogP contribution < -0.4 is 10.1 Å². The molecule has 1 N–H and O–H groups in total. The maximum absolute atomic E-state index is 5.26. The van der Waals surface area contributed by atoms with Gasteiger partial charge in [0.25, 0.3) is 0 Å². The molecule has 1 aliphatic rings. The Kier molecular flexibility index (Phi) is 6.57. The fourth-order valence-corrected chi connectivity index (χ4v) is 3.74. The number of piperazine rings is 1. The molecular weight excluding hydrogens is 374 g/mol. The largest absolute Gasteiger partial charge is 0.497 e. The summed E-state index contributed by atoms with van der Waals surface area (Å²) >= 11 is 0. The van der Waals surface area contributed by atoms with Gasteiger partial charge in [-0.15, -0.1) is 0 Å². The number of nitrogens with zero attached hydrogens (tertiary/aromatic N) is 4. The maximum Gasteiger partial charge on any atom is 0.130 e. The quantitative estimate of drug-likeness (QED) is 0.651. The summed E-state index contributed by atoms with van der Waals surface area (Å²) in [7, 11) is 3.86. The zero-order valence-electron chi connectivity index (χ0n) is 17.7. The number of hydrogen-bond acceptors (Lipinski definition) is 6. The Morgan fingerprint density at radius 2 is 1.70 bits per heavy atom. The molecule has 1 aliphatic heterocycles. The lowest BCUT2D eigenvalue weighted by molar-refractivity contribution is 0.149. The van der Waals surface area contributed by atoms with Gasteiger partial charge < -0.3 is 15.0 Å². The molecule has 2 heterocycles. The summed E-state index contributed by atoms with van der Waals surface area (Å²) in [4.78, 5) is 13.9. The van der Waals surface area contributed by atoms with Crippen LogP contribution >= 0.6 is 0 Å². The minimum Gasteiger partial charge on any atom is -0.497 e. The lowest BCUT2D eigenvalue weighted by Crippen LogP contribution is -2.46. The van der Waals surface area contributed by atoms with Crippen molar-refractivity contribution < 1.29 is 4.74 Å². The van der Waals surface area contributed by atoms with Gasteiger partial charge in [-0.3, -0.25) is 4.90 Å². The van der Waals surface area contributed by atoms with Crippen LogP contribution in [0.2, 0.25) is 0 Å². The molecule has 0 amide bonds. The van der Waals surface area contributed by atoms with Crippen molar-refractivity contribution in [3.05, 3.63) is 72.6 Å². The van der Waals surface area contributed by atoms with Crippen molar-refractivity contribution in [2.24, 2.45) is 0 Å². The number of hydrogen-bond donors (Lipinski definition) is 1.